The summed E-state index contributed by atoms with van der Waals surface area (Å²) in [4.78, 5) is 0. The van der Waals surface area contributed by atoms with Crippen molar-refractivity contribution in [2.75, 3.05) is 6.61 Å². The Hall–Kier alpha value is -1.25. The lowest BCUT2D eigenvalue weighted by atomic mass is 10.1. The van der Waals surface area contributed by atoms with Crippen LogP contribution >= 0.6 is 0 Å². The molecule has 0 spiro atoms. The fourth-order valence-corrected chi connectivity index (χ4v) is 2.38. The van der Waals surface area contributed by atoms with Crippen LogP contribution in [0.15, 0.2) is 18.2 Å². The summed E-state index contributed by atoms with van der Waals surface area (Å²) in [5.41, 5.74) is 0. The normalized spacial score (nSPS) is 10.8. The van der Waals surface area contributed by atoms with Gasteiger partial charge in [0, 0.05) is 6.07 Å². The number of benzene rings is 1. The van der Waals surface area contributed by atoms with E-state index in [2.05, 4.69) is 6.92 Å². The van der Waals surface area contributed by atoms with Crippen molar-refractivity contribution in [2.45, 2.75) is 71.1 Å². The first-order valence-corrected chi connectivity index (χ1v) is 8.35. The van der Waals surface area contributed by atoms with Crippen LogP contribution in [0, 0.1) is 5.82 Å². The smallest absolute Gasteiger partial charge is 0.168 e. The average molecular weight is 296 g/mol. The Balaban J connectivity index is 1.93. The monoisotopic (exact) mass is 296 g/mol. The van der Waals surface area contributed by atoms with E-state index in [-0.39, 0.29) is 11.5 Å². The van der Waals surface area contributed by atoms with Crippen molar-refractivity contribution in [2.24, 2.45) is 0 Å². The highest BCUT2D eigenvalue weighted by atomic mass is 19.1. The number of phenols is 1. The van der Waals surface area contributed by atoms with Gasteiger partial charge in [-0.25, -0.2) is 4.39 Å². The highest BCUT2D eigenvalue weighted by Crippen LogP contribution is 2.21. The molecule has 0 radical (unpaired) electrons. The number of hydrogen-bond acceptors (Lipinski definition) is 2. The van der Waals surface area contributed by atoms with Crippen LogP contribution in [-0.4, -0.2) is 11.7 Å². The Labute approximate surface area is 128 Å². The molecule has 0 heterocycles. The van der Waals surface area contributed by atoms with Gasteiger partial charge >= 0.3 is 0 Å². The Morgan fingerprint density at radius 1 is 0.905 bits per heavy atom. The quantitative estimate of drug-likeness (QED) is 0.492. The molecular formula is C18H29FO2. The molecule has 0 bridgehead atoms. The molecule has 0 aromatic heterocycles. The van der Waals surface area contributed by atoms with Crippen molar-refractivity contribution in [1.82, 2.24) is 0 Å². The summed E-state index contributed by atoms with van der Waals surface area (Å²) in [5.74, 6) is -0.343. The SMILES string of the molecule is CCCCCCCCCCCCOc1ccc(O)cc1F. The highest BCUT2D eigenvalue weighted by Gasteiger charge is 2.03. The number of aromatic hydroxyl groups is 1. The maximum Gasteiger partial charge on any atom is 0.168 e. The largest absolute Gasteiger partial charge is 0.508 e. The van der Waals surface area contributed by atoms with Crippen LogP contribution in [0.5, 0.6) is 11.5 Å². The first-order valence-electron chi connectivity index (χ1n) is 8.35. The first kappa shape index (κ1) is 17.8. The van der Waals surface area contributed by atoms with Gasteiger partial charge in [-0.2, -0.15) is 0 Å². The lowest BCUT2D eigenvalue weighted by molar-refractivity contribution is 0.289. The average Bonchev–Trinajstić information content (AvgIpc) is 2.46. The predicted molar refractivity (Wildman–Crippen MR) is 85.4 cm³/mol. The summed E-state index contributed by atoms with van der Waals surface area (Å²) in [7, 11) is 0. The second-order valence-corrected chi connectivity index (χ2v) is 5.65. The molecule has 0 aliphatic heterocycles. The molecule has 0 unspecified atom stereocenters. The highest BCUT2D eigenvalue weighted by molar-refractivity contribution is 5.31. The lowest BCUT2D eigenvalue weighted by Crippen LogP contribution is -1.99. The van der Waals surface area contributed by atoms with E-state index in [0.29, 0.717) is 6.61 Å². The summed E-state index contributed by atoms with van der Waals surface area (Å²) in [6.45, 7) is 2.78. The standard InChI is InChI=1S/C18H29FO2/c1-2-3-4-5-6-7-8-9-10-11-14-21-18-13-12-16(20)15-17(18)19/h12-13,15,20H,2-11,14H2,1H3. The zero-order chi connectivity index (χ0) is 15.3. The second-order valence-electron chi connectivity index (χ2n) is 5.65. The molecule has 3 heteroatoms. The van der Waals surface area contributed by atoms with Gasteiger partial charge in [0.2, 0.25) is 0 Å². The van der Waals surface area contributed by atoms with Gasteiger partial charge in [0.05, 0.1) is 6.61 Å². The Kier molecular flexibility index (Phi) is 9.68. The Morgan fingerprint density at radius 2 is 1.48 bits per heavy atom. The number of ether oxygens (including phenoxy) is 1. The summed E-state index contributed by atoms with van der Waals surface area (Å²) >= 11 is 0. The van der Waals surface area contributed by atoms with E-state index in [4.69, 9.17) is 9.84 Å². The molecule has 0 saturated heterocycles. The minimum Gasteiger partial charge on any atom is -0.508 e. The Morgan fingerprint density at radius 3 is 2.05 bits per heavy atom. The van der Waals surface area contributed by atoms with Crippen LogP contribution < -0.4 is 4.74 Å². The van der Waals surface area contributed by atoms with Gasteiger partial charge in [-0.05, 0) is 18.6 Å². The van der Waals surface area contributed by atoms with Crippen LogP contribution in [0.3, 0.4) is 0 Å². The van der Waals surface area contributed by atoms with Gasteiger partial charge in [-0.15, -0.1) is 0 Å². The van der Waals surface area contributed by atoms with E-state index in [9.17, 15) is 4.39 Å². The summed E-state index contributed by atoms with van der Waals surface area (Å²) < 4.78 is 18.7. The van der Waals surface area contributed by atoms with E-state index in [1.165, 1.54) is 63.5 Å². The minimum atomic E-state index is -0.498. The fraction of sp³-hybridized carbons (Fsp3) is 0.667. The van der Waals surface area contributed by atoms with Crippen molar-refractivity contribution < 1.29 is 14.2 Å². The fourth-order valence-electron chi connectivity index (χ4n) is 2.38. The predicted octanol–water partition coefficient (Wildman–Crippen LogP) is 5.83. The van der Waals surface area contributed by atoms with Crippen LogP contribution in [0.1, 0.15) is 71.1 Å². The van der Waals surface area contributed by atoms with E-state index in [1.54, 1.807) is 0 Å². The molecule has 1 aromatic carbocycles. The summed E-state index contributed by atoms with van der Waals surface area (Å²) in [6, 6.07) is 3.99. The zero-order valence-electron chi connectivity index (χ0n) is 13.2. The Bertz CT molecular complexity index is 379. The molecule has 0 amide bonds. The van der Waals surface area contributed by atoms with Crippen LogP contribution in [0.4, 0.5) is 4.39 Å². The van der Waals surface area contributed by atoms with Gasteiger partial charge in [0.15, 0.2) is 11.6 Å². The second kappa shape index (κ2) is 11.4. The molecule has 0 atom stereocenters. The van der Waals surface area contributed by atoms with Crippen molar-refractivity contribution in [3.05, 3.63) is 24.0 Å². The minimum absolute atomic E-state index is 0.0706. The first-order chi connectivity index (χ1) is 10.2. The number of halogens is 1. The zero-order valence-corrected chi connectivity index (χ0v) is 13.2. The number of phenolic OH excluding ortho intramolecular Hbond substituents is 1. The topological polar surface area (TPSA) is 29.5 Å². The van der Waals surface area contributed by atoms with Crippen LogP contribution in [0.2, 0.25) is 0 Å². The maximum atomic E-state index is 13.4. The molecular weight excluding hydrogens is 267 g/mol. The number of rotatable bonds is 12. The summed E-state index contributed by atoms with van der Waals surface area (Å²) in [5, 5.41) is 9.10. The molecule has 1 aromatic rings. The third-order valence-electron chi connectivity index (χ3n) is 3.67. The van der Waals surface area contributed by atoms with Crippen molar-refractivity contribution in [3.63, 3.8) is 0 Å². The number of unbranched alkanes of at least 4 members (excludes halogenated alkanes) is 9. The molecule has 0 saturated carbocycles. The van der Waals surface area contributed by atoms with E-state index in [1.807, 2.05) is 0 Å². The van der Waals surface area contributed by atoms with E-state index >= 15 is 0 Å². The summed E-state index contributed by atoms with van der Waals surface area (Å²) in [6.07, 6.45) is 12.7. The molecule has 0 aliphatic rings. The molecule has 1 N–H and O–H groups in total. The number of hydrogen-bond donors (Lipinski definition) is 1. The molecule has 21 heavy (non-hydrogen) atoms. The van der Waals surface area contributed by atoms with Gasteiger partial charge in [-0.1, -0.05) is 64.7 Å². The van der Waals surface area contributed by atoms with Gasteiger partial charge in [-0.3, -0.25) is 0 Å². The third-order valence-corrected chi connectivity index (χ3v) is 3.67. The van der Waals surface area contributed by atoms with Crippen LogP contribution in [0.25, 0.3) is 0 Å². The third kappa shape index (κ3) is 8.59. The van der Waals surface area contributed by atoms with E-state index < -0.39 is 5.82 Å². The van der Waals surface area contributed by atoms with E-state index in [0.717, 1.165) is 18.9 Å². The van der Waals surface area contributed by atoms with Crippen molar-refractivity contribution >= 4 is 0 Å². The van der Waals surface area contributed by atoms with Gasteiger partial charge in [0.25, 0.3) is 0 Å². The van der Waals surface area contributed by atoms with Crippen molar-refractivity contribution in [3.8, 4) is 11.5 Å². The molecule has 0 aliphatic carbocycles. The molecule has 0 fully saturated rings. The maximum absolute atomic E-state index is 13.4. The van der Waals surface area contributed by atoms with Gasteiger partial charge in [0.1, 0.15) is 5.75 Å². The van der Waals surface area contributed by atoms with Crippen LogP contribution in [-0.2, 0) is 0 Å². The van der Waals surface area contributed by atoms with Gasteiger partial charge < -0.3 is 9.84 Å². The molecule has 2 nitrogen and oxygen atoms in total. The molecule has 1 rings (SSSR count). The lowest BCUT2D eigenvalue weighted by Gasteiger charge is -2.07. The molecule has 120 valence electrons. The van der Waals surface area contributed by atoms with Crippen molar-refractivity contribution in [1.29, 1.82) is 0 Å².